The number of esters is 1. The Kier molecular flexibility index (Phi) is 25.0. The Hall–Kier alpha value is -6.50. The number of aliphatic hydroxyl groups excluding tert-OH is 2. The average Bonchev–Trinajstić information content (AvgIpc) is 3.36. The maximum Gasteiger partial charge on any atom is 0.422 e. The Balaban J connectivity index is 2.41. The van der Waals surface area contributed by atoms with Crippen molar-refractivity contribution in [2.24, 2.45) is 5.73 Å². The van der Waals surface area contributed by atoms with Gasteiger partial charge in [-0.15, -0.1) is 0 Å². The van der Waals surface area contributed by atoms with E-state index in [2.05, 4.69) is 40.9 Å². The Labute approximate surface area is 474 Å². The predicted octanol–water partition coefficient (Wildman–Crippen LogP) is 2.48. The number of methoxy groups -OCH3 is 1. The van der Waals surface area contributed by atoms with E-state index in [0.29, 0.717) is 5.56 Å². The molecule has 0 aromatic heterocycles. The second-order valence-electron chi connectivity index (χ2n) is 23.3. The lowest BCUT2D eigenvalue weighted by Crippen LogP contribution is -2.55. The molecule has 0 saturated carbocycles. The molecule has 1 aliphatic heterocycles. The van der Waals surface area contributed by atoms with Crippen molar-refractivity contribution in [3.05, 3.63) is 41.5 Å². The van der Waals surface area contributed by atoms with Gasteiger partial charge in [-0.05, 0) is 111 Å². The second kappa shape index (κ2) is 29.5. The number of likely N-dealkylation sites (N-methyl/N-ethyl adjacent to an activating group) is 1. The minimum atomic E-state index is -4.68. The highest BCUT2D eigenvalue weighted by molar-refractivity contribution is 7.88. The number of ether oxygens (including phenoxy) is 8. The molecule has 6 amide bonds. The summed E-state index contributed by atoms with van der Waals surface area (Å²) >= 11 is 0. The SMILES string of the molecule is COC(=O)[C@@H]1Cc2ccc(OC[C@H](O)CNC(=O)OC(C)(C)C)c(c2)-c2cc(cc(OC[C@H](O)CNC(=O)OC(C)(C)C)c2OCOCC[Si](C)(C)C)[C@H](N(C)C(=O)[C@@H](N)CNS(=O)(=O)NC(=O)OC(C)(C)C)C(=O)N[C@@H](C)C(=O)N1. The highest BCUT2D eigenvalue weighted by atomic mass is 32.2. The monoisotopic (exact) mass is 1180 g/mol. The Morgan fingerprint density at radius 1 is 0.765 bits per heavy atom. The average molecular weight is 1190 g/mol. The van der Waals surface area contributed by atoms with Crippen molar-refractivity contribution < 1.29 is 90.1 Å². The number of nitrogens with two attached hydrogens (primary N) is 1. The number of carbonyl (C=O) groups excluding carboxylic acids is 7. The molecule has 4 bridgehead atoms. The Morgan fingerprint density at radius 2 is 1.31 bits per heavy atom. The van der Waals surface area contributed by atoms with Gasteiger partial charge in [-0.25, -0.2) is 23.9 Å². The third-order valence-corrected chi connectivity index (χ3v) is 13.7. The van der Waals surface area contributed by atoms with E-state index in [-0.39, 0.29) is 60.1 Å². The van der Waals surface area contributed by atoms with Crippen LogP contribution < -0.4 is 50.7 Å². The standard InChI is InChI=1S/C52H84N8O19SSi/c1-30-43(63)58-38(46(66)72-12)21-31-16-17-39(74-27-33(61)24-54-47(67)77-50(2,3)4)35(20-31)36-22-32(41(44(64)57-30)60(11)45(65)37(53)26-56-80(70,71)59-49(69)79-52(8,9)10)23-40(42(36)76-29-73-18-19-81(13,14)15)75-28-34(62)25-55-48(68)78-51(5,6)7/h16-17,20,22-23,30,33-34,37-38,41,56,61-62H,18-19,21,24-29,53H2,1-15H3,(H,54,67)(H,55,68)(H,57,64)(H,58,63)(H,59,69)/t30-,33+,34+,37-,38-,41-/m0/s1. The van der Waals surface area contributed by atoms with Gasteiger partial charge in [-0.1, -0.05) is 25.7 Å². The summed E-state index contributed by atoms with van der Waals surface area (Å²) in [6, 6.07) is 1.81. The number of alkyl carbamates (subject to hydrolysis) is 2. The molecule has 0 unspecified atom stereocenters. The van der Waals surface area contributed by atoms with E-state index in [1.165, 1.54) is 52.9 Å². The molecule has 456 valence electrons. The minimum absolute atomic E-state index is 0.0309. The number of rotatable bonds is 23. The second-order valence-corrected chi connectivity index (χ2v) is 30.5. The minimum Gasteiger partial charge on any atom is -0.490 e. The van der Waals surface area contributed by atoms with E-state index >= 15 is 0 Å². The van der Waals surface area contributed by atoms with Gasteiger partial charge in [0, 0.05) is 45.8 Å². The van der Waals surface area contributed by atoms with Gasteiger partial charge < -0.3 is 80.0 Å². The largest absolute Gasteiger partial charge is 0.490 e. The number of hydrogen-bond donors (Lipinski definition) is 9. The van der Waals surface area contributed by atoms with Crippen LogP contribution in [0.5, 0.6) is 17.2 Å². The van der Waals surface area contributed by atoms with Crippen LogP contribution >= 0.6 is 0 Å². The fourth-order valence-corrected chi connectivity index (χ4v) is 8.72. The first-order chi connectivity index (χ1) is 37.3. The lowest BCUT2D eigenvalue weighted by Gasteiger charge is -2.32. The van der Waals surface area contributed by atoms with E-state index in [1.807, 2.05) is 4.72 Å². The molecule has 29 heteroatoms. The Morgan fingerprint density at radius 3 is 1.84 bits per heavy atom. The fraction of sp³-hybridized carbons (Fsp3) is 0.635. The van der Waals surface area contributed by atoms with Crippen LogP contribution in [0.2, 0.25) is 25.7 Å². The van der Waals surface area contributed by atoms with Gasteiger partial charge in [-0.2, -0.15) is 13.1 Å². The third-order valence-electron chi connectivity index (χ3n) is 11.0. The normalized spacial score (nSPS) is 17.3. The van der Waals surface area contributed by atoms with E-state index in [0.717, 1.165) is 18.1 Å². The van der Waals surface area contributed by atoms with E-state index in [9.17, 15) is 52.2 Å². The molecule has 0 saturated heterocycles. The van der Waals surface area contributed by atoms with Crippen LogP contribution in [-0.2, 0) is 59.5 Å². The molecule has 27 nitrogen and oxygen atoms in total. The van der Waals surface area contributed by atoms with Crippen molar-refractivity contribution in [1.82, 2.24) is 35.6 Å². The molecule has 2 aromatic carbocycles. The maximum atomic E-state index is 14.9. The molecular formula is C52H84N8O19SSi. The number of aliphatic hydroxyl groups is 2. The van der Waals surface area contributed by atoms with Gasteiger partial charge in [0.05, 0.1) is 26.2 Å². The summed E-state index contributed by atoms with van der Waals surface area (Å²) in [6.45, 7) is 19.7. The van der Waals surface area contributed by atoms with Crippen LogP contribution in [0.3, 0.4) is 0 Å². The van der Waals surface area contributed by atoms with Gasteiger partial charge in [0.15, 0.2) is 18.3 Å². The number of carbonyl (C=O) groups is 7. The first kappa shape index (κ1) is 68.8. The van der Waals surface area contributed by atoms with E-state index < -0.39 is 140 Å². The van der Waals surface area contributed by atoms with Gasteiger partial charge in [0.1, 0.15) is 66.1 Å². The molecule has 3 rings (SSSR count). The van der Waals surface area contributed by atoms with Crippen LogP contribution in [0.4, 0.5) is 14.4 Å². The molecule has 2 aromatic rings. The van der Waals surface area contributed by atoms with Crippen LogP contribution in [-0.4, -0.2) is 181 Å². The molecule has 6 atom stereocenters. The fourth-order valence-electron chi connectivity index (χ4n) is 7.23. The topological polar surface area (TPSA) is 369 Å². The quantitative estimate of drug-likeness (QED) is 0.0254. The highest BCUT2D eigenvalue weighted by Crippen LogP contribution is 2.46. The molecule has 81 heavy (non-hydrogen) atoms. The summed E-state index contributed by atoms with van der Waals surface area (Å²) in [7, 11) is -4.02. The van der Waals surface area contributed by atoms with Crippen molar-refractivity contribution in [2.45, 2.75) is 155 Å². The first-order valence-electron chi connectivity index (χ1n) is 26.1. The summed E-state index contributed by atoms with van der Waals surface area (Å²) in [5.74, 6) is -4.04. The third kappa shape index (κ3) is 24.6. The predicted molar refractivity (Wildman–Crippen MR) is 298 cm³/mol. The number of benzene rings is 2. The summed E-state index contributed by atoms with van der Waals surface area (Å²) in [5.41, 5.74) is 4.06. The first-order valence-corrected chi connectivity index (χ1v) is 31.2. The summed E-state index contributed by atoms with van der Waals surface area (Å²) in [5, 5.41) is 32.5. The molecule has 1 heterocycles. The molecular weight excluding hydrogens is 1100 g/mol. The zero-order valence-electron chi connectivity index (χ0n) is 49.0. The molecule has 0 radical (unpaired) electrons. The smallest absolute Gasteiger partial charge is 0.422 e. The van der Waals surface area contributed by atoms with Crippen molar-refractivity contribution in [3.8, 4) is 28.4 Å². The van der Waals surface area contributed by atoms with Crippen LogP contribution in [0, 0.1) is 0 Å². The van der Waals surface area contributed by atoms with Crippen molar-refractivity contribution >= 4 is 60.3 Å². The summed E-state index contributed by atoms with van der Waals surface area (Å²) in [4.78, 5) is 94.9. The summed E-state index contributed by atoms with van der Waals surface area (Å²) in [6.07, 6.45) is -5.91. The van der Waals surface area contributed by atoms with Gasteiger partial charge >= 0.3 is 34.5 Å². The molecule has 10 N–H and O–H groups in total. The number of amides is 6. The number of fused-ring (bicyclic) bond motifs is 5. The molecule has 0 spiro atoms. The van der Waals surface area contributed by atoms with Crippen LogP contribution in [0.1, 0.15) is 86.4 Å². The number of nitrogens with zero attached hydrogens (tertiary/aromatic N) is 1. The summed E-state index contributed by atoms with van der Waals surface area (Å²) < 4.78 is 75.2. The molecule has 0 fully saturated rings. The van der Waals surface area contributed by atoms with Crippen molar-refractivity contribution in [3.63, 3.8) is 0 Å². The van der Waals surface area contributed by atoms with Crippen LogP contribution in [0.15, 0.2) is 30.3 Å². The maximum absolute atomic E-state index is 14.9. The highest BCUT2D eigenvalue weighted by Gasteiger charge is 2.37. The number of hydrogen-bond acceptors (Lipinski definition) is 20. The van der Waals surface area contributed by atoms with E-state index in [4.69, 9.17) is 43.6 Å². The number of nitrogens with one attached hydrogen (secondary N) is 6. The van der Waals surface area contributed by atoms with Gasteiger partial charge in [0.25, 0.3) is 0 Å². The lowest BCUT2D eigenvalue weighted by atomic mass is 9.93. The van der Waals surface area contributed by atoms with Crippen LogP contribution in [0.25, 0.3) is 11.1 Å². The lowest BCUT2D eigenvalue weighted by molar-refractivity contribution is -0.145. The van der Waals surface area contributed by atoms with Crippen molar-refractivity contribution in [1.29, 1.82) is 0 Å². The zero-order chi connectivity index (χ0) is 61.4. The molecule has 0 aliphatic carbocycles. The van der Waals surface area contributed by atoms with Gasteiger partial charge in [-0.3, -0.25) is 14.4 Å². The van der Waals surface area contributed by atoms with Gasteiger partial charge in [0.2, 0.25) is 17.7 Å². The van der Waals surface area contributed by atoms with E-state index in [1.54, 1.807) is 58.4 Å². The zero-order valence-corrected chi connectivity index (χ0v) is 50.8. The van der Waals surface area contributed by atoms with Crippen molar-refractivity contribution in [2.75, 3.05) is 60.4 Å². The Bertz CT molecular complexity index is 2640. The molecule has 1 aliphatic rings.